The van der Waals surface area contributed by atoms with Crippen LogP contribution in [0.1, 0.15) is 15.9 Å². The molecule has 0 amide bonds. The number of carboxylic acids is 1. The highest BCUT2D eigenvalue weighted by atomic mass is 19.1. The van der Waals surface area contributed by atoms with E-state index in [1.165, 1.54) is 18.2 Å². The summed E-state index contributed by atoms with van der Waals surface area (Å²) in [7, 11) is 0. The molecule has 4 heteroatoms. The van der Waals surface area contributed by atoms with E-state index in [0.29, 0.717) is 16.7 Å². The molecule has 0 bridgehead atoms. The van der Waals surface area contributed by atoms with Crippen LogP contribution >= 0.6 is 0 Å². The Kier molecular flexibility index (Phi) is 3.02. The quantitative estimate of drug-likeness (QED) is 0.855. The third kappa shape index (κ3) is 2.05. The van der Waals surface area contributed by atoms with Crippen LogP contribution in [0.25, 0.3) is 11.1 Å². The minimum Gasteiger partial charge on any atom is -0.507 e. The van der Waals surface area contributed by atoms with Gasteiger partial charge in [-0.15, -0.1) is 0 Å². The lowest BCUT2D eigenvalue weighted by Crippen LogP contribution is -1.96. The average molecular weight is 246 g/mol. The zero-order valence-electron chi connectivity index (χ0n) is 9.64. The molecule has 0 atom stereocenters. The van der Waals surface area contributed by atoms with E-state index in [2.05, 4.69) is 0 Å². The lowest BCUT2D eigenvalue weighted by molar-refractivity contribution is 0.0696. The van der Waals surface area contributed by atoms with Crippen molar-refractivity contribution in [2.24, 2.45) is 0 Å². The number of benzene rings is 2. The average Bonchev–Trinajstić information content (AvgIpc) is 2.33. The monoisotopic (exact) mass is 246 g/mol. The zero-order chi connectivity index (χ0) is 13.3. The summed E-state index contributed by atoms with van der Waals surface area (Å²) in [4.78, 5) is 10.8. The molecule has 0 radical (unpaired) electrons. The summed E-state index contributed by atoms with van der Waals surface area (Å²) in [6, 6.07) is 8.56. The smallest absolute Gasteiger partial charge is 0.335 e. The van der Waals surface area contributed by atoms with Gasteiger partial charge in [0.25, 0.3) is 0 Å². The van der Waals surface area contributed by atoms with Crippen molar-refractivity contribution >= 4 is 5.97 Å². The Morgan fingerprint density at radius 2 is 1.89 bits per heavy atom. The number of phenolic OH excluding ortho intramolecular Hbond substituents is 1. The van der Waals surface area contributed by atoms with Crippen LogP contribution in [0.2, 0.25) is 0 Å². The van der Waals surface area contributed by atoms with Crippen LogP contribution in [-0.2, 0) is 0 Å². The molecule has 0 unspecified atom stereocenters. The molecule has 0 heterocycles. The molecule has 0 aromatic heterocycles. The largest absolute Gasteiger partial charge is 0.507 e. The number of carbonyl (C=O) groups is 1. The normalized spacial score (nSPS) is 10.3. The van der Waals surface area contributed by atoms with Crippen LogP contribution in [-0.4, -0.2) is 16.2 Å². The lowest BCUT2D eigenvalue weighted by Gasteiger charge is -2.09. The van der Waals surface area contributed by atoms with E-state index in [1.54, 1.807) is 19.1 Å². The maximum Gasteiger partial charge on any atom is 0.335 e. The number of rotatable bonds is 2. The molecular weight excluding hydrogens is 235 g/mol. The minimum atomic E-state index is -1.12. The predicted octanol–water partition coefficient (Wildman–Crippen LogP) is 3.20. The fraction of sp³-hybridized carbons (Fsp3) is 0.0714. The van der Waals surface area contributed by atoms with E-state index in [4.69, 9.17) is 5.11 Å². The van der Waals surface area contributed by atoms with Crippen LogP contribution < -0.4 is 0 Å². The van der Waals surface area contributed by atoms with Gasteiger partial charge in [-0.25, -0.2) is 9.18 Å². The summed E-state index contributed by atoms with van der Waals surface area (Å²) in [5, 5.41) is 18.6. The van der Waals surface area contributed by atoms with Gasteiger partial charge in [0.05, 0.1) is 5.56 Å². The number of hydrogen-bond acceptors (Lipinski definition) is 2. The molecule has 0 aliphatic rings. The van der Waals surface area contributed by atoms with Gasteiger partial charge in [-0.05, 0) is 42.3 Å². The second-order valence-corrected chi connectivity index (χ2v) is 3.95. The summed E-state index contributed by atoms with van der Waals surface area (Å²) in [5.41, 5.74) is 1.36. The SMILES string of the molecule is Cc1c(F)cccc1-c1ccc(C(=O)O)cc1O. The number of carboxylic acid groups (broad SMARTS) is 1. The first-order chi connectivity index (χ1) is 8.50. The van der Waals surface area contributed by atoms with E-state index in [9.17, 15) is 14.3 Å². The lowest BCUT2D eigenvalue weighted by atomic mass is 9.98. The Morgan fingerprint density at radius 3 is 2.50 bits per heavy atom. The van der Waals surface area contributed by atoms with Crippen molar-refractivity contribution in [3.63, 3.8) is 0 Å². The molecule has 0 fully saturated rings. The minimum absolute atomic E-state index is 0.00898. The van der Waals surface area contributed by atoms with E-state index in [1.807, 2.05) is 0 Å². The molecule has 18 heavy (non-hydrogen) atoms. The fourth-order valence-corrected chi connectivity index (χ4v) is 1.79. The van der Waals surface area contributed by atoms with Crippen molar-refractivity contribution in [2.75, 3.05) is 0 Å². The second kappa shape index (κ2) is 4.49. The van der Waals surface area contributed by atoms with Gasteiger partial charge in [0.15, 0.2) is 0 Å². The zero-order valence-corrected chi connectivity index (χ0v) is 9.64. The Balaban J connectivity index is 2.58. The highest BCUT2D eigenvalue weighted by molar-refractivity contribution is 5.89. The molecule has 0 saturated heterocycles. The molecule has 0 aliphatic heterocycles. The second-order valence-electron chi connectivity index (χ2n) is 3.95. The van der Waals surface area contributed by atoms with Gasteiger partial charge in [-0.1, -0.05) is 12.1 Å². The standard InChI is InChI=1S/C14H11FO3/c1-8-10(3-2-4-12(8)15)11-6-5-9(14(17)18)7-13(11)16/h2-7,16H,1H3,(H,17,18). The van der Waals surface area contributed by atoms with Crippen molar-refractivity contribution in [2.45, 2.75) is 6.92 Å². The predicted molar refractivity (Wildman–Crippen MR) is 65.2 cm³/mol. The number of phenols is 1. The molecule has 0 spiro atoms. The molecular formula is C14H11FO3. The van der Waals surface area contributed by atoms with E-state index < -0.39 is 5.97 Å². The highest BCUT2D eigenvalue weighted by Gasteiger charge is 2.12. The Bertz CT molecular complexity index is 620. The molecule has 0 aliphatic carbocycles. The summed E-state index contributed by atoms with van der Waals surface area (Å²) < 4.78 is 13.4. The van der Waals surface area contributed by atoms with Gasteiger partial charge >= 0.3 is 5.97 Å². The maximum absolute atomic E-state index is 13.4. The van der Waals surface area contributed by atoms with Gasteiger partial charge < -0.3 is 10.2 Å². The number of aromatic hydroxyl groups is 1. The first kappa shape index (κ1) is 12.1. The molecule has 2 N–H and O–H groups in total. The van der Waals surface area contributed by atoms with Crippen LogP contribution in [0, 0.1) is 12.7 Å². The Morgan fingerprint density at radius 1 is 1.17 bits per heavy atom. The summed E-state index contributed by atoms with van der Waals surface area (Å²) in [5.74, 6) is -1.66. The van der Waals surface area contributed by atoms with Gasteiger partial charge in [0.2, 0.25) is 0 Å². The number of hydrogen-bond donors (Lipinski definition) is 2. The van der Waals surface area contributed by atoms with Gasteiger partial charge in [-0.3, -0.25) is 0 Å². The topological polar surface area (TPSA) is 57.5 Å². The van der Waals surface area contributed by atoms with E-state index >= 15 is 0 Å². The first-order valence-electron chi connectivity index (χ1n) is 5.32. The van der Waals surface area contributed by atoms with Crippen molar-refractivity contribution in [3.05, 3.63) is 53.3 Å². The van der Waals surface area contributed by atoms with Crippen LogP contribution in [0.15, 0.2) is 36.4 Å². The molecule has 2 aromatic rings. The third-order valence-electron chi connectivity index (χ3n) is 2.80. The molecule has 2 rings (SSSR count). The van der Waals surface area contributed by atoms with Crippen LogP contribution in [0.3, 0.4) is 0 Å². The van der Waals surface area contributed by atoms with Gasteiger partial charge in [-0.2, -0.15) is 0 Å². The molecule has 0 saturated carbocycles. The van der Waals surface area contributed by atoms with Crippen molar-refractivity contribution in [1.82, 2.24) is 0 Å². The van der Waals surface area contributed by atoms with E-state index in [-0.39, 0.29) is 17.1 Å². The Labute approximate surface area is 103 Å². The van der Waals surface area contributed by atoms with Gasteiger partial charge in [0.1, 0.15) is 11.6 Å². The molecule has 3 nitrogen and oxygen atoms in total. The van der Waals surface area contributed by atoms with Gasteiger partial charge in [0, 0.05) is 5.56 Å². The highest BCUT2D eigenvalue weighted by Crippen LogP contribution is 2.32. The van der Waals surface area contributed by atoms with Crippen LogP contribution in [0.4, 0.5) is 4.39 Å². The summed E-state index contributed by atoms with van der Waals surface area (Å²) in [6.07, 6.45) is 0. The summed E-state index contributed by atoms with van der Waals surface area (Å²) >= 11 is 0. The fourth-order valence-electron chi connectivity index (χ4n) is 1.79. The van der Waals surface area contributed by atoms with Crippen LogP contribution in [0.5, 0.6) is 5.75 Å². The first-order valence-corrected chi connectivity index (χ1v) is 5.32. The summed E-state index contributed by atoms with van der Waals surface area (Å²) in [6.45, 7) is 1.61. The number of aromatic carboxylic acids is 1. The Hall–Kier alpha value is -2.36. The van der Waals surface area contributed by atoms with Crippen molar-refractivity contribution in [3.8, 4) is 16.9 Å². The molecule has 92 valence electrons. The number of halogens is 1. The molecule has 2 aromatic carbocycles. The van der Waals surface area contributed by atoms with Crippen molar-refractivity contribution in [1.29, 1.82) is 0 Å². The van der Waals surface area contributed by atoms with Crippen molar-refractivity contribution < 1.29 is 19.4 Å². The third-order valence-corrected chi connectivity index (χ3v) is 2.80. The van der Waals surface area contributed by atoms with E-state index in [0.717, 1.165) is 6.07 Å². The maximum atomic E-state index is 13.4.